The van der Waals surface area contributed by atoms with Gasteiger partial charge in [-0.25, -0.2) is 0 Å². The van der Waals surface area contributed by atoms with Gasteiger partial charge in [0.05, 0.1) is 13.0 Å². The van der Waals surface area contributed by atoms with Crippen molar-refractivity contribution in [2.45, 2.75) is 77.4 Å². The van der Waals surface area contributed by atoms with Gasteiger partial charge in [0.15, 0.2) is 0 Å². The van der Waals surface area contributed by atoms with Gasteiger partial charge in [-0.05, 0) is 74.5 Å². The molecule has 0 aromatic heterocycles. The van der Waals surface area contributed by atoms with Crippen LogP contribution in [0.1, 0.15) is 71.6 Å². The second kappa shape index (κ2) is 5.28. The van der Waals surface area contributed by atoms with E-state index in [-0.39, 0.29) is 34.0 Å². The Hall–Kier alpha value is -1.10. The van der Waals surface area contributed by atoms with E-state index in [2.05, 4.69) is 19.2 Å². The first-order chi connectivity index (χ1) is 12.7. The van der Waals surface area contributed by atoms with E-state index in [4.69, 9.17) is 4.74 Å². The van der Waals surface area contributed by atoms with Gasteiger partial charge in [0, 0.05) is 17.3 Å². The van der Waals surface area contributed by atoms with E-state index in [0.717, 1.165) is 51.4 Å². The van der Waals surface area contributed by atoms with Crippen LogP contribution < -0.4 is 5.32 Å². The third kappa shape index (κ3) is 2.00. The largest absolute Gasteiger partial charge is 0.469 e. The van der Waals surface area contributed by atoms with Gasteiger partial charge in [0.25, 0.3) is 0 Å². The van der Waals surface area contributed by atoms with Crippen LogP contribution >= 0.6 is 0 Å². The van der Waals surface area contributed by atoms with Crippen LogP contribution in [0.5, 0.6) is 0 Å². The summed E-state index contributed by atoms with van der Waals surface area (Å²) in [5.74, 6) is 1.47. The average Bonchev–Trinajstić information content (AvgIpc) is 3.32. The smallest absolute Gasteiger partial charge is 0.309 e. The van der Waals surface area contributed by atoms with E-state index in [1.165, 1.54) is 7.11 Å². The van der Waals surface area contributed by atoms with Gasteiger partial charge in [-0.3, -0.25) is 9.59 Å². The summed E-state index contributed by atoms with van der Waals surface area (Å²) in [5.41, 5.74) is -1.44. The number of carbonyl (C=O) groups is 2. The van der Waals surface area contributed by atoms with Crippen molar-refractivity contribution in [3.05, 3.63) is 0 Å². The van der Waals surface area contributed by atoms with Crippen molar-refractivity contribution >= 4 is 11.9 Å². The number of hydrogen-bond donors (Lipinski definition) is 2. The lowest BCUT2D eigenvalue weighted by Crippen LogP contribution is -2.74. The second-order valence-corrected chi connectivity index (χ2v) is 10.7. The molecule has 0 aromatic rings. The number of rotatable bonds is 1. The van der Waals surface area contributed by atoms with E-state index in [9.17, 15) is 14.7 Å². The van der Waals surface area contributed by atoms with Crippen LogP contribution in [0, 0.1) is 39.9 Å². The molecule has 1 amide bonds. The van der Waals surface area contributed by atoms with Gasteiger partial charge in [0.1, 0.15) is 5.72 Å². The predicted molar refractivity (Wildman–Crippen MR) is 99.3 cm³/mol. The number of hydrogen-bond acceptors (Lipinski definition) is 4. The molecule has 1 saturated heterocycles. The molecule has 0 radical (unpaired) electrons. The lowest BCUT2D eigenvalue weighted by Gasteiger charge is -2.66. The van der Waals surface area contributed by atoms with Crippen molar-refractivity contribution in [1.29, 1.82) is 0 Å². The summed E-state index contributed by atoms with van der Waals surface area (Å²) in [7, 11) is 1.51. The number of esters is 1. The molecule has 1 aliphatic heterocycles. The van der Waals surface area contributed by atoms with Gasteiger partial charge in [-0.15, -0.1) is 0 Å². The zero-order valence-electron chi connectivity index (χ0n) is 16.8. The normalized spacial score (nSPS) is 52.4. The second-order valence-electron chi connectivity index (χ2n) is 10.7. The van der Waals surface area contributed by atoms with Gasteiger partial charge in [0.2, 0.25) is 5.91 Å². The van der Waals surface area contributed by atoms with Crippen molar-refractivity contribution in [3.63, 3.8) is 0 Å². The van der Waals surface area contributed by atoms with Gasteiger partial charge < -0.3 is 15.2 Å². The molecule has 7 atom stereocenters. The summed E-state index contributed by atoms with van der Waals surface area (Å²) in [5, 5.41) is 14.9. The Kier molecular flexibility index (Phi) is 3.51. The number of nitrogens with one attached hydrogen (secondary N) is 1. The standard InChI is InChI=1S/C22H33NO4/c1-19-8-6-15-13(14(19)4-5-16(19)18(25)27-3)12-21(10-11-21)22(26)20(15,2)9-7-17(24)23-22/h13-16,26H,4-12H2,1-3H3,(H,23,24)/t13?,14?,15?,16-,19+,20-,22?/m1/s1. The van der Waals surface area contributed by atoms with Crippen LogP contribution in [0.15, 0.2) is 0 Å². The Bertz CT molecular complexity index is 702. The molecule has 5 aliphatic rings. The quantitative estimate of drug-likeness (QED) is 0.691. The number of piperidine rings is 1. The van der Waals surface area contributed by atoms with Gasteiger partial charge in [-0.1, -0.05) is 13.8 Å². The molecular formula is C22H33NO4. The van der Waals surface area contributed by atoms with Crippen molar-refractivity contribution in [1.82, 2.24) is 5.32 Å². The number of ether oxygens (including phenoxy) is 1. The molecule has 150 valence electrons. The van der Waals surface area contributed by atoms with E-state index in [1.54, 1.807) is 0 Å². The number of carbonyl (C=O) groups excluding carboxylic acids is 2. The molecule has 2 N–H and O–H groups in total. The molecule has 5 rings (SSSR count). The fourth-order valence-electron chi connectivity index (χ4n) is 8.36. The van der Waals surface area contributed by atoms with E-state index < -0.39 is 5.72 Å². The summed E-state index contributed by atoms with van der Waals surface area (Å²) in [4.78, 5) is 24.6. The molecule has 5 heteroatoms. The average molecular weight is 376 g/mol. The Morgan fingerprint density at radius 3 is 2.52 bits per heavy atom. The molecule has 4 aliphatic carbocycles. The highest BCUT2D eigenvalue weighted by Gasteiger charge is 2.75. The molecule has 1 spiro atoms. The maximum absolute atomic E-state index is 12.4. The SMILES string of the molecule is COC(=O)[C@H]1CCC2C3CC4(CC4)C4(O)NC(=O)CC[C@]4(C)C3CC[C@@]21C. The summed E-state index contributed by atoms with van der Waals surface area (Å²) in [6, 6.07) is 0. The first kappa shape index (κ1) is 18.0. The zero-order valence-corrected chi connectivity index (χ0v) is 16.8. The minimum Gasteiger partial charge on any atom is -0.469 e. The molecule has 1 heterocycles. The Balaban J connectivity index is 1.53. The molecule has 5 fully saturated rings. The highest BCUT2D eigenvalue weighted by molar-refractivity contribution is 5.78. The fraction of sp³-hybridized carbons (Fsp3) is 0.909. The van der Waals surface area contributed by atoms with E-state index in [0.29, 0.717) is 24.2 Å². The van der Waals surface area contributed by atoms with Crippen molar-refractivity contribution < 1.29 is 19.4 Å². The minimum absolute atomic E-state index is 0.00645. The van der Waals surface area contributed by atoms with Crippen LogP contribution in [0.3, 0.4) is 0 Å². The number of aliphatic hydroxyl groups is 1. The molecule has 0 bridgehead atoms. The lowest BCUT2D eigenvalue weighted by atomic mass is 9.43. The Morgan fingerprint density at radius 2 is 1.85 bits per heavy atom. The minimum atomic E-state index is -1.05. The van der Waals surface area contributed by atoms with Gasteiger partial charge >= 0.3 is 5.97 Å². The van der Waals surface area contributed by atoms with Crippen molar-refractivity contribution in [2.24, 2.45) is 39.9 Å². The number of amides is 1. The highest BCUT2D eigenvalue weighted by Crippen LogP contribution is 2.75. The van der Waals surface area contributed by atoms with Crippen LogP contribution in [0.2, 0.25) is 0 Å². The van der Waals surface area contributed by atoms with Gasteiger partial charge in [-0.2, -0.15) is 0 Å². The molecular weight excluding hydrogens is 342 g/mol. The van der Waals surface area contributed by atoms with Crippen molar-refractivity contribution in [3.8, 4) is 0 Å². The summed E-state index contributed by atoms with van der Waals surface area (Å²) in [6.45, 7) is 4.55. The first-order valence-electron chi connectivity index (χ1n) is 10.8. The zero-order chi connectivity index (χ0) is 19.2. The fourth-order valence-corrected chi connectivity index (χ4v) is 8.36. The topological polar surface area (TPSA) is 75.6 Å². The maximum Gasteiger partial charge on any atom is 0.309 e. The molecule has 0 aromatic carbocycles. The summed E-state index contributed by atoms with van der Waals surface area (Å²) >= 11 is 0. The summed E-state index contributed by atoms with van der Waals surface area (Å²) in [6.07, 6.45) is 8.39. The maximum atomic E-state index is 12.4. The predicted octanol–water partition coefficient (Wildman–Crippen LogP) is 3.01. The van der Waals surface area contributed by atoms with Crippen LogP contribution in [0.4, 0.5) is 0 Å². The van der Waals surface area contributed by atoms with E-state index in [1.807, 2.05) is 0 Å². The Labute approximate surface area is 161 Å². The summed E-state index contributed by atoms with van der Waals surface area (Å²) < 4.78 is 5.14. The van der Waals surface area contributed by atoms with Crippen LogP contribution in [-0.4, -0.2) is 29.8 Å². The van der Waals surface area contributed by atoms with Crippen LogP contribution in [0.25, 0.3) is 0 Å². The molecule has 4 saturated carbocycles. The molecule has 4 unspecified atom stereocenters. The Morgan fingerprint density at radius 1 is 1.11 bits per heavy atom. The first-order valence-corrected chi connectivity index (χ1v) is 10.8. The third-order valence-electron chi connectivity index (χ3n) is 10.0. The third-order valence-corrected chi connectivity index (χ3v) is 10.0. The van der Waals surface area contributed by atoms with E-state index >= 15 is 0 Å². The molecule has 27 heavy (non-hydrogen) atoms. The molecule has 5 nitrogen and oxygen atoms in total. The number of fused-ring (bicyclic) bond motifs is 6. The monoisotopic (exact) mass is 375 g/mol. The number of methoxy groups -OCH3 is 1. The van der Waals surface area contributed by atoms with Crippen molar-refractivity contribution in [2.75, 3.05) is 7.11 Å². The van der Waals surface area contributed by atoms with Crippen LogP contribution in [-0.2, 0) is 14.3 Å². The lowest BCUT2D eigenvalue weighted by molar-refractivity contribution is -0.252. The highest BCUT2D eigenvalue weighted by atomic mass is 16.5.